The zero-order valence-corrected chi connectivity index (χ0v) is 16.7. The van der Waals surface area contributed by atoms with Crippen LogP contribution in [-0.4, -0.2) is 9.97 Å². The molecule has 0 aliphatic carbocycles. The minimum absolute atomic E-state index is 0.0971. The average Bonchev–Trinajstić information content (AvgIpc) is 3.01. The summed E-state index contributed by atoms with van der Waals surface area (Å²) in [7, 11) is 0. The molecule has 4 nitrogen and oxygen atoms in total. The lowest BCUT2D eigenvalue weighted by atomic mass is 10.3. The summed E-state index contributed by atoms with van der Waals surface area (Å²) in [5.41, 5.74) is -0.542. The molecule has 2 heterocycles. The SMILES string of the molecule is FC(F)(F)c1csc(Nc2cc(Br)cnc2Oc2ccccc2I)n1. The highest BCUT2D eigenvalue weighted by atomic mass is 127. The summed E-state index contributed by atoms with van der Waals surface area (Å²) in [4.78, 5) is 7.74. The van der Waals surface area contributed by atoms with Gasteiger partial charge in [0.05, 0.1) is 3.57 Å². The van der Waals surface area contributed by atoms with Crippen LogP contribution in [0.5, 0.6) is 11.6 Å². The van der Waals surface area contributed by atoms with E-state index in [0.29, 0.717) is 15.9 Å². The molecule has 10 heteroatoms. The van der Waals surface area contributed by atoms with Gasteiger partial charge in [0.15, 0.2) is 10.8 Å². The van der Waals surface area contributed by atoms with Crippen LogP contribution in [0.15, 0.2) is 46.4 Å². The Balaban J connectivity index is 1.89. The summed E-state index contributed by atoms with van der Waals surface area (Å²) >= 11 is 6.27. The van der Waals surface area contributed by atoms with Gasteiger partial charge in [-0.15, -0.1) is 11.3 Å². The molecule has 0 saturated carbocycles. The predicted octanol–water partition coefficient (Wildman–Crippen LogP) is 6.46. The standard InChI is InChI=1S/C15H8BrF3IN3OS/c16-8-5-10(22-14-23-12(7-25-14)15(17,18)19)13(21-6-8)24-11-4-2-1-3-9(11)20/h1-7H,(H,22,23). The fourth-order valence-corrected chi connectivity index (χ4v) is 3.36. The Bertz CT molecular complexity index is 904. The second-order valence-corrected chi connectivity index (χ2v) is 7.64. The third-order valence-electron chi connectivity index (χ3n) is 2.90. The first-order valence-corrected chi connectivity index (χ1v) is 9.46. The van der Waals surface area contributed by atoms with Crippen molar-refractivity contribution in [3.63, 3.8) is 0 Å². The first kappa shape index (κ1) is 18.4. The van der Waals surface area contributed by atoms with Crippen molar-refractivity contribution >= 4 is 60.7 Å². The van der Waals surface area contributed by atoms with Gasteiger partial charge in [-0.2, -0.15) is 13.2 Å². The number of nitrogens with zero attached hydrogens (tertiary/aromatic N) is 2. The number of halogens is 5. The first-order valence-electron chi connectivity index (χ1n) is 6.70. The highest BCUT2D eigenvalue weighted by Gasteiger charge is 2.33. The van der Waals surface area contributed by atoms with Gasteiger partial charge in [0, 0.05) is 16.0 Å². The van der Waals surface area contributed by atoms with Crippen molar-refractivity contribution in [3.05, 3.63) is 55.6 Å². The minimum atomic E-state index is -4.48. The fourth-order valence-electron chi connectivity index (χ4n) is 1.81. The van der Waals surface area contributed by atoms with Crippen LogP contribution in [0.4, 0.5) is 24.0 Å². The predicted molar refractivity (Wildman–Crippen MR) is 102 cm³/mol. The number of thiazole rings is 1. The average molecular weight is 542 g/mol. The molecule has 0 unspecified atom stereocenters. The lowest BCUT2D eigenvalue weighted by molar-refractivity contribution is -0.140. The lowest BCUT2D eigenvalue weighted by Gasteiger charge is -2.12. The number of nitrogens with one attached hydrogen (secondary N) is 1. The number of hydrogen-bond acceptors (Lipinski definition) is 5. The van der Waals surface area contributed by atoms with E-state index in [9.17, 15) is 13.2 Å². The maximum absolute atomic E-state index is 12.7. The molecule has 0 fully saturated rings. The topological polar surface area (TPSA) is 47.0 Å². The second-order valence-electron chi connectivity index (χ2n) is 4.70. The highest BCUT2D eigenvalue weighted by Crippen LogP contribution is 2.36. The molecule has 0 saturated heterocycles. The molecule has 1 N–H and O–H groups in total. The van der Waals surface area contributed by atoms with Crippen LogP contribution in [0, 0.1) is 3.57 Å². The maximum atomic E-state index is 12.7. The van der Waals surface area contributed by atoms with Gasteiger partial charge >= 0.3 is 6.18 Å². The number of anilines is 2. The van der Waals surface area contributed by atoms with E-state index < -0.39 is 11.9 Å². The van der Waals surface area contributed by atoms with Crippen molar-refractivity contribution in [3.8, 4) is 11.6 Å². The molecule has 130 valence electrons. The van der Waals surface area contributed by atoms with Gasteiger partial charge in [0.25, 0.3) is 0 Å². The van der Waals surface area contributed by atoms with Gasteiger partial charge in [0.1, 0.15) is 11.4 Å². The van der Waals surface area contributed by atoms with Crippen molar-refractivity contribution in [2.75, 3.05) is 5.32 Å². The molecule has 3 rings (SSSR count). The molecule has 0 aliphatic rings. The van der Waals surface area contributed by atoms with Crippen LogP contribution in [0.2, 0.25) is 0 Å². The number of aromatic nitrogens is 2. The fraction of sp³-hybridized carbons (Fsp3) is 0.0667. The molecule has 0 bridgehead atoms. The Labute approximate surface area is 166 Å². The molecule has 2 aromatic heterocycles. The molecular formula is C15H8BrF3IN3OS. The van der Waals surface area contributed by atoms with Crippen molar-refractivity contribution in [2.24, 2.45) is 0 Å². The number of para-hydroxylation sites is 1. The zero-order valence-electron chi connectivity index (χ0n) is 12.1. The number of benzene rings is 1. The van der Waals surface area contributed by atoms with Crippen LogP contribution in [0.3, 0.4) is 0 Å². The molecule has 0 aliphatic heterocycles. The molecular weight excluding hydrogens is 534 g/mol. The van der Waals surface area contributed by atoms with E-state index in [1.165, 1.54) is 0 Å². The summed E-state index contributed by atoms with van der Waals surface area (Å²) in [6, 6.07) is 9.00. The number of pyridine rings is 1. The van der Waals surface area contributed by atoms with Crippen molar-refractivity contribution in [1.82, 2.24) is 9.97 Å². The maximum Gasteiger partial charge on any atom is 0.434 e. The zero-order chi connectivity index (χ0) is 18.0. The largest absolute Gasteiger partial charge is 0.436 e. The summed E-state index contributed by atoms with van der Waals surface area (Å²) < 4.78 is 45.4. The normalized spacial score (nSPS) is 11.4. The smallest absolute Gasteiger partial charge is 0.434 e. The number of ether oxygens (including phenoxy) is 1. The van der Waals surface area contributed by atoms with E-state index in [2.05, 4.69) is 53.8 Å². The van der Waals surface area contributed by atoms with E-state index in [4.69, 9.17) is 4.74 Å². The lowest BCUT2D eigenvalue weighted by Crippen LogP contribution is -2.05. The van der Waals surface area contributed by atoms with Crippen molar-refractivity contribution in [2.45, 2.75) is 6.18 Å². The third kappa shape index (κ3) is 4.61. The molecule has 0 spiro atoms. The Morgan fingerprint density at radius 3 is 2.68 bits per heavy atom. The summed E-state index contributed by atoms with van der Waals surface area (Å²) in [5, 5.41) is 3.88. The Kier molecular flexibility index (Phi) is 5.49. The van der Waals surface area contributed by atoms with Crippen LogP contribution in [0.1, 0.15) is 5.69 Å². The monoisotopic (exact) mass is 541 g/mol. The van der Waals surface area contributed by atoms with Crippen LogP contribution in [-0.2, 0) is 6.18 Å². The van der Waals surface area contributed by atoms with E-state index in [1.54, 1.807) is 18.3 Å². The summed E-state index contributed by atoms with van der Waals surface area (Å²) in [6.07, 6.45) is -2.94. The number of rotatable bonds is 4. The van der Waals surface area contributed by atoms with Crippen LogP contribution < -0.4 is 10.1 Å². The van der Waals surface area contributed by atoms with Gasteiger partial charge in [-0.25, -0.2) is 9.97 Å². The molecule has 25 heavy (non-hydrogen) atoms. The van der Waals surface area contributed by atoms with Crippen molar-refractivity contribution < 1.29 is 17.9 Å². The Morgan fingerprint density at radius 2 is 2.00 bits per heavy atom. The second kappa shape index (κ2) is 7.46. The molecule has 0 amide bonds. The molecule has 0 atom stereocenters. The van der Waals surface area contributed by atoms with E-state index in [0.717, 1.165) is 20.3 Å². The van der Waals surface area contributed by atoms with E-state index in [-0.39, 0.29) is 11.0 Å². The van der Waals surface area contributed by atoms with Crippen LogP contribution >= 0.6 is 49.9 Å². The van der Waals surface area contributed by atoms with E-state index in [1.807, 2.05) is 18.2 Å². The van der Waals surface area contributed by atoms with Crippen LogP contribution in [0.25, 0.3) is 0 Å². The highest BCUT2D eigenvalue weighted by molar-refractivity contribution is 14.1. The molecule has 3 aromatic rings. The quantitative estimate of drug-likeness (QED) is 0.385. The third-order valence-corrected chi connectivity index (χ3v) is 4.98. The summed E-state index contributed by atoms with van der Waals surface area (Å²) in [5.74, 6) is 0.826. The number of hydrogen-bond donors (Lipinski definition) is 1. The minimum Gasteiger partial charge on any atom is -0.436 e. The molecule has 1 aromatic carbocycles. The Hall–Kier alpha value is -1.40. The van der Waals surface area contributed by atoms with Gasteiger partial charge in [-0.05, 0) is 56.7 Å². The molecule has 0 radical (unpaired) electrons. The summed E-state index contributed by atoms with van der Waals surface area (Å²) in [6.45, 7) is 0. The van der Waals surface area contributed by atoms with Crippen molar-refractivity contribution in [1.29, 1.82) is 0 Å². The Morgan fingerprint density at radius 1 is 1.24 bits per heavy atom. The van der Waals surface area contributed by atoms with Gasteiger partial charge in [0.2, 0.25) is 5.88 Å². The van der Waals surface area contributed by atoms with Gasteiger partial charge < -0.3 is 10.1 Å². The number of alkyl halides is 3. The first-order chi connectivity index (χ1) is 11.8. The van der Waals surface area contributed by atoms with Gasteiger partial charge in [-0.3, -0.25) is 0 Å². The van der Waals surface area contributed by atoms with E-state index >= 15 is 0 Å². The van der Waals surface area contributed by atoms with Gasteiger partial charge in [-0.1, -0.05) is 12.1 Å².